The molecule has 8 heteroatoms. The Balaban J connectivity index is 0.00000392. The van der Waals surface area contributed by atoms with Gasteiger partial charge in [-0.05, 0) is 38.3 Å². The molecule has 0 radical (unpaired) electrons. The number of ether oxygens (including phenoxy) is 1. The van der Waals surface area contributed by atoms with Crippen molar-refractivity contribution >= 4 is 29.9 Å². The maximum Gasteiger partial charge on any atom is 0.191 e. The zero-order valence-corrected chi connectivity index (χ0v) is 19.9. The van der Waals surface area contributed by atoms with Gasteiger partial charge >= 0.3 is 0 Å². The van der Waals surface area contributed by atoms with Crippen LogP contribution in [-0.4, -0.2) is 40.9 Å². The van der Waals surface area contributed by atoms with Gasteiger partial charge in [0.1, 0.15) is 18.1 Å². The summed E-state index contributed by atoms with van der Waals surface area (Å²) in [7, 11) is 3.67. The topological polar surface area (TPSA) is 76.4 Å². The maximum atomic E-state index is 5.47. The number of halogens is 1. The third-order valence-corrected chi connectivity index (χ3v) is 4.51. The fraction of sp³-hybridized carbons (Fsp3) is 0.550. The van der Waals surface area contributed by atoms with Crippen molar-refractivity contribution in [3.63, 3.8) is 0 Å². The number of aliphatic imine (C=N–C) groups is 1. The number of guanidine groups is 1. The van der Waals surface area contributed by atoms with Gasteiger partial charge in [-0.3, -0.25) is 0 Å². The maximum absolute atomic E-state index is 5.47. The fourth-order valence-electron chi connectivity index (χ4n) is 2.71. The molecule has 2 N–H and O–H groups in total. The molecule has 1 aromatic carbocycles. The summed E-state index contributed by atoms with van der Waals surface area (Å²) in [6.45, 7) is 8.38. The molecule has 0 saturated heterocycles. The number of aryl methyl sites for hydroxylation is 2. The molecule has 156 valence electrons. The van der Waals surface area contributed by atoms with E-state index in [1.54, 1.807) is 7.11 Å². The van der Waals surface area contributed by atoms with Gasteiger partial charge in [-0.2, -0.15) is 0 Å². The molecule has 0 fully saturated rings. The molecule has 1 aromatic heterocycles. The largest absolute Gasteiger partial charge is 0.496 e. The Morgan fingerprint density at radius 2 is 1.93 bits per heavy atom. The van der Waals surface area contributed by atoms with Gasteiger partial charge in [0.15, 0.2) is 11.8 Å². The standard InChI is InChI=1S/C20H32N6O.HI/c1-6-7-11-21-20(23-14-19-25-24-16(3)26(19)4)22-12-10-17-13-15(2)8-9-18(17)27-5;/h8-9,13H,6-7,10-12,14H2,1-5H3,(H2,21,22,23);1H. The third kappa shape index (κ3) is 7.29. The molecule has 0 unspecified atom stereocenters. The zero-order valence-electron chi connectivity index (χ0n) is 17.6. The Morgan fingerprint density at radius 3 is 2.57 bits per heavy atom. The predicted molar refractivity (Wildman–Crippen MR) is 125 cm³/mol. The average molecular weight is 500 g/mol. The van der Waals surface area contributed by atoms with Crippen molar-refractivity contribution in [2.24, 2.45) is 12.0 Å². The quantitative estimate of drug-likeness (QED) is 0.240. The second-order valence-electron chi connectivity index (χ2n) is 6.66. The van der Waals surface area contributed by atoms with Crippen molar-refractivity contribution in [2.45, 2.75) is 46.6 Å². The van der Waals surface area contributed by atoms with Crippen LogP contribution >= 0.6 is 24.0 Å². The minimum atomic E-state index is 0. The lowest BCUT2D eigenvalue weighted by Gasteiger charge is -2.14. The van der Waals surface area contributed by atoms with Gasteiger partial charge in [-0.1, -0.05) is 31.0 Å². The van der Waals surface area contributed by atoms with E-state index in [-0.39, 0.29) is 24.0 Å². The van der Waals surface area contributed by atoms with Gasteiger partial charge in [0.25, 0.3) is 0 Å². The summed E-state index contributed by atoms with van der Waals surface area (Å²) in [6.07, 6.45) is 3.11. The first kappa shape index (κ1) is 24.2. The smallest absolute Gasteiger partial charge is 0.191 e. The summed E-state index contributed by atoms with van der Waals surface area (Å²) in [5.74, 6) is 3.47. The molecular formula is C20H33IN6O. The van der Waals surface area contributed by atoms with E-state index in [2.05, 4.69) is 51.8 Å². The third-order valence-electron chi connectivity index (χ3n) is 4.51. The van der Waals surface area contributed by atoms with Crippen LogP contribution in [0.5, 0.6) is 5.75 Å². The molecule has 1 heterocycles. The monoisotopic (exact) mass is 500 g/mol. The fourth-order valence-corrected chi connectivity index (χ4v) is 2.71. The van der Waals surface area contributed by atoms with Gasteiger partial charge in [0, 0.05) is 20.1 Å². The van der Waals surface area contributed by atoms with Gasteiger partial charge in [-0.15, -0.1) is 34.2 Å². The molecule has 0 saturated carbocycles. The summed E-state index contributed by atoms with van der Waals surface area (Å²) < 4.78 is 7.43. The highest BCUT2D eigenvalue weighted by Gasteiger charge is 2.07. The minimum Gasteiger partial charge on any atom is -0.496 e. The molecule has 0 aliphatic rings. The van der Waals surface area contributed by atoms with E-state index < -0.39 is 0 Å². The van der Waals surface area contributed by atoms with Crippen LogP contribution in [0, 0.1) is 13.8 Å². The van der Waals surface area contributed by atoms with Crippen LogP contribution in [0.4, 0.5) is 0 Å². The first-order chi connectivity index (χ1) is 13.0. The molecule has 2 rings (SSSR count). The number of benzene rings is 1. The molecule has 2 aromatic rings. The SMILES string of the molecule is CCCCNC(=NCc1nnc(C)n1C)NCCc1cc(C)ccc1OC.I. The number of aromatic nitrogens is 3. The Morgan fingerprint density at radius 1 is 1.18 bits per heavy atom. The molecule has 0 aliphatic heterocycles. The van der Waals surface area contributed by atoms with Crippen LogP contribution in [-0.2, 0) is 20.0 Å². The molecule has 28 heavy (non-hydrogen) atoms. The zero-order chi connectivity index (χ0) is 19.6. The van der Waals surface area contributed by atoms with E-state index in [0.29, 0.717) is 6.54 Å². The lowest BCUT2D eigenvalue weighted by Crippen LogP contribution is -2.39. The van der Waals surface area contributed by atoms with E-state index in [4.69, 9.17) is 4.74 Å². The van der Waals surface area contributed by atoms with Crippen molar-refractivity contribution in [2.75, 3.05) is 20.2 Å². The van der Waals surface area contributed by atoms with Gasteiger partial charge in [0.05, 0.1) is 7.11 Å². The van der Waals surface area contributed by atoms with E-state index in [0.717, 1.165) is 55.7 Å². The lowest BCUT2D eigenvalue weighted by molar-refractivity contribution is 0.409. The Bertz CT molecular complexity index is 759. The molecule has 0 bridgehead atoms. The Kier molecular flexibility index (Phi) is 10.9. The predicted octanol–water partition coefficient (Wildman–Crippen LogP) is 3.14. The van der Waals surface area contributed by atoms with Crippen molar-refractivity contribution in [1.82, 2.24) is 25.4 Å². The van der Waals surface area contributed by atoms with Crippen molar-refractivity contribution in [3.05, 3.63) is 41.0 Å². The highest BCUT2D eigenvalue weighted by atomic mass is 127. The second kappa shape index (κ2) is 12.6. The van der Waals surface area contributed by atoms with Gasteiger partial charge < -0.3 is 19.9 Å². The highest BCUT2D eigenvalue weighted by molar-refractivity contribution is 14.0. The molecule has 0 atom stereocenters. The van der Waals surface area contributed by atoms with E-state index in [9.17, 15) is 0 Å². The number of rotatable bonds is 9. The number of nitrogens with one attached hydrogen (secondary N) is 2. The average Bonchev–Trinajstić information content (AvgIpc) is 2.98. The molecule has 0 amide bonds. The Labute approximate surface area is 185 Å². The minimum absolute atomic E-state index is 0. The number of nitrogens with zero attached hydrogens (tertiary/aromatic N) is 4. The molecule has 0 aliphatic carbocycles. The van der Waals surface area contributed by atoms with Crippen LogP contribution in [0.1, 0.15) is 42.5 Å². The van der Waals surface area contributed by atoms with Crippen molar-refractivity contribution < 1.29 is 4.74 Å². The van der Waals surface area contributed by atoms with Crippen molar-refractivity contribution in [3.8, 4) is 5.75 Å². The van der Waals surface area contributed by atoms with Crippen molar-refractivity contribution in [1.29, 1.82) is 0 Å². The lowest BCUT2D eigenvalue weighted by atomic mass is 10.1. The summed E-state index contributed by atoms with van der Waals surface area (Å²) >= 11 is 0. The van der Waals surface area contributed by atoms with Crippen LogP contribution in [0.25, 0.3) is 0 Å². The normalized spacial score (nSPS) is 11.1. The van der Waals surface area contributed by atoms with Crippen LogP contribution in [0.15, 0.2) is 23.2 Å². The summed E-state index contributed by atoms with van der Waals surface area (Å²) in [6, 6.07) is 6.26. The van der Waals surface area contributed by atoms with E-state index in [1.807, 2.05) is 24.6 Å². The van der Waals surface area contributed by atoms with Gasteiger partial charge in [-0.25, -0.2) is 4.99 Å². The summed E-state index contributed by atoms with van der Waals surface area (Å²) in [4.78, 5) is 4.67. The number of hydrogen-bond donors (Lipinski definition) is 2. The first-order valence-corrected chi connectivity index (χ1v) is 9.55. The first-order valence-electron chi connectivity index (χ1n) is 9.55. The number of hydrogen-bond acceptors (Lipinski definition) is 4. The van der Waals surface area contributed by atoms with Crippen LogP contribution < -0.4 is 15.4 Å². The van der Waals surface area contributed by atoms with Crippen LogP contribution in [0.2, 0.25) is 0 Å². The van der Waals surface area contributed by atoms with Crippen LogP contribution in [0.3, 0.4) is 0 Å². The molecular weight excluding hydrogens is 467 g/mol. The molecule has 7 nitrogen and oxygen atoms in total. The second-order valence-corrected chi connectivity index (χ2v) is 6.66. The Hall–Kier alpha value is -1.84. The van der Waals surface area contributed by atoms with E-state index in [1.165, 1.54) is 11.1 Å². The highest BCUT2D eigenvalue weighted by Crippen LogP contribution is 2.19. The number of methoxy groups -OCH3 is 1. The summed E-state index contributed by atoms with van der Waals surface area (Å²) in [5, 5.41) is 15.1. The molecule has 0 spiro atoms. The van der Waals surface area contributed by atoms with Gasteiger partial charge in [0.2, 0.25) is 0 Å². The summed E-state index contributed by atoms with van der Waals surface area (Å²) in [5.41, 5.74) is 2.43. The number of unbranched alkanes of at least 4 members (excludes halogenated alkanes) is 1. The van der Waals surface area contributed by atoms with E-state index >= 15 is 0 Å².